The normalized spacial score (nSPS) is 11.2. The summed E-state index contributed by atoms with van der Waals surface area (Å²) in [6, 6.07) is 5.53. The van der Waals surface area contributed by atoms with Crippen molar-refractivity contribution in [1.29, 1.82) is 0 Å². The maximum absolute atomic E-state index is 12.2. The van der Waals surface area contributed by atoms with Crippen molar-refractivity contribution in [3.8, 4) is 0 Å². The number of nitrogens with two attached hydrogens (primary N) is 1. The second-order valence-electron chi connectivity index (χ2n) is 4.79. The number of likely N-dealkylation sites (N-methyl/N-ethyl adjacent to an activating group) is 1. The zero-order valence-electron chi connectivity index (χ0n) is 12.1. The number of nitrogens with one attached hydrogen (secondary N) is 2. The van der Waals surface area contributed by atoms with E-state index in [0.717, 1.165) is 30.5 Å². The lowest BCUT2D eigenvalue weighted by Gasteiger charge is -2.17. The molecule has 0 saturated carbocycles. The van der Waals surface area contributed by atoms with Crippen molar-refractivity contribution in [2.45, 2.75) is 13.8 Å². The first-order valence-electron chi connectivity index (χ1n) is 7.02. The second kappa shape index (κ2) is 6.43. The van der Waals surface area contributed by atoms with Crippen molar-refractivity contribution in [2.75, 3.05) is 31.9 Å². The van der Waals surface area contributed by atoms with E-state index in [1.165, 1.54) is 0 Å². The third-order valence-electron chi connectivity index (χ3n) is 3.56. The highest BCUT2D eigenvalue weighted by Crippen LogP contribution is 2.20. The number of aromatic nitrogens is 1. The molecule has 2 rings (SSSR count). The number of aromatic amines is 1. The van der Waals surface area contributed by atoms with Crippen LogP contribution in [0.3, 0.4) is 0 Å². The van der Waals surface area contributed by atoms with Crippen LogP contribution in [-0.4, -0.2) is 42.0 Å². The molecule has 0 spiro atoms. The standard InChI is InChI=1S/C15H22N4O/c1-3-19(4-2)8-7-17-15(20)13-10-18-14-6-5-11(16)9-12(13)14/h5-6,9-10,18H,3-4,7-8,16H2,1-2H3,(H,17,20). The molecule has 0 radical (unpaired) electrons. The highest BCUT2D eigenvalue weighted by atomic mass is 16.1. The molecule has 0 aliphatic rings. The van der Waals surface area contributed by atoms with Crippen LogP contribution in [0.4, 0.5) is 5.69 Å². The van der Waals surface area contributed by atoms with E-state index in [1.807, 2.05) is 18.2 Å². The number of rotatable bonds is 6. The van der Waals surface area contributed by atoms with E-state index in [-0.39, 0.29) is 5.91 Å². The third kappa shape index (κ3) is 3.11. The summed E-state index contributed by atoms with van der Waals surface area (Å²) in [4.78, 5) is 17.6. The van der Waals surface area contributed by atoms with Crippen LogP contribution in [0, 0.1) is 0 Å². The summed E-state index contributed by atoms with van der Waals surface area (Å²) >= 11 is 0. The van der Waals surface area contributed by atoms with E-state index in [4.69, 9.17) is 5.73 Å². The minimum absolute atomic E-state index is 0.0611. The third-order valence-corrected chi connectivity index (χ3v) is 3.56. The van der Waals surface area contributed by atoms with Gasteiger partial charge in [0.25, 0.3) is 5.91 Å². The Morgan fingerprint density at radius 1 is 1.35 bits per heavy atom. The summed E-state index contributed by atoms with van der Waals surface area (Å²) in [6.07, 6.45) is 1.73. The van der Waals surface area contributed by atoms with Gasteiger partial charge in [0.2, 0.25) is 0 Å². The second-order valence-corrected chi connectivity index (χ2v) is 4.79. The topological polar surface area (TPSA) is 74.2 Å². The fourth-order valence-electron chi connectivity index (χ4n) is 2.29. The first-order valence-corrected chi connectivity index (χ1v) is 7.02. The van der Waals surface area contributed by atoms with Crippen molar-refractivity contribution in [2.24, 2.45) is 0 Å². The molecule has 0 aliphatic carbocycles. The summed E-state index contributed by atoms with van der Waals surface area (Å²) in [7, 11) is 0. The predicted octanol–water partition coefficient (Wildman–Crippen LogP) is 1.82. The van der Waals surface area contributed by atoms with Crippen LogP contribution < -0.4 is 11.1 Å². The predicted molar refractivity (Wildman–Crippen MR) is 82.8 cm³/mol. The number of hydrogen-bond acceptors (Lipinski definition) is 3. The molecule has 1 amide bonds. The van der Waals surface area contributed by atoms with Gasteiger partial charge in [0.1, 0.15) is 0 Å². The lowest BCUT2D eigenvalue weighted by atomic mass is 10.1. The highest BCUT2D eigenvalue weighted by molar-refractivity contribution is 6.07. The van der Waals surface area contributed by atoms with Gasteiger partial charge < -0.3 is 20.9 Å². The highest BCUT2D eigenvalue weighted by Gasteiger charge is 2.12. The van der Waals surface area contributed by atoms with Crippen LogP contribution in [0.5, 0.6) is 0 Å². The van der Waals surface area contributed by atoms with Crippen LogP contribution in [0.1, 0.15) is 24.2 Å². The smallest absolute Gasteiger partial charge is 0.253 e. The fourth-order valence-corrected chi connectivity index (χ4v) is 2.29. The number of nitrogens with zero attached hydrogens (tertiary/aromatic N) is 1. The number of anilines is 1. The van der Waals surface area contributed by atoms with E-state index < -0.39 is 0 Å². The lowest BCUT2D eigenvalue weighted by molar-refractivity contribution is 0.0950. The number of nitrogen functional groups attached to an aromatic ring is 1. The van der Waals surface area contributed by atoms with Crippen molar-refractivity contribution in [3.05, 3.63) is 30.0 Å². The molecule has 0 atom stereocenters. The summed E-state index contributed by atoms with van der Waals surface area (Å²) in [5.41, 5.74) is 8.01. The molecule has 1 aromatic heterocycles. The van der Waals surface area contributed by atoms with Crippen molar-refractivity contribution >= 4 is 22.5 Å². The van der Waals surface area contributed by atoms with Crippen LogP contribution in [-0.2, 0) is 0 Å². The van der Waals surface area contributed by atoms with Gasteiger partial charge in [0, 0.05) is 35.9 Å². The molecule has 5 heteroatoms. The van der Waals surface area contributed by atoms with Gasteiger partial charge in [0.15, 0.2) is 0 Å². The maximum atomic E-state index is 12.2. The molecule has 5 nitrogen and oxygen atoms in total. The number of carbonyl (C=O) groups is 1. The van der Waals surface area contributed by atoms with Gasteiger partial charge in [-0.1, -0.05) is 13.8 Å². The Kier molecular flexibility index (Phi) is 4.63. The first-order chi connectivity index (χ1) is 9.65. The Balaban J connectivity index is 2.02. The number of fused-ring (bicyclic) bond motifs is 1. The minimum Gasteiger partial charge on any atom is -0.399 e. The van der Waals surface area contributed by atoms with Crippen molar-refractivity contribution in [3.63, 3.8) is 0 Å². The maximum Gasteiger partial charge on any atom is 0.253 e. The number of amides is 1. The van der Waals surface area contributed by atoms with Crippen molar-refractivity contribution in [1.82, 2.24) is 15.2 Å². The summed E-state index contributed by atoms with van der Waals surface area (Å²) < 4.78 is 0. The largest absolute Gasteiger partial charge is 0.399 e. The average Bonchev–Trinajstić information content (AvgIpc) is 2.86. The summed E-state index contributed by atoms with van der Waals surface area (Å²) in [5, 5.41) is 3.82. The van der Waals surface area contributed by atoms with Crippen molar-refractivity contribution < 1.29 is 4.79 Å². The number of H-pyrrole nitrogens is 1. The van der Waals surface area contributed by atoms with Crippen LogP contribution in [0.25, 0.3) is 10.9 Å². The molecule has 0 bridgehead atoms. The Labute approximate surface area is 119 Å². The zero-order valence-corrected chi connectivity index (χ0v) is 12.1. The monoisotopic (exact) mass is 274 g/mol. The molecule has 2 aromatic rings. The van der Waals surface area contributed by atoms with E-state index in [1.54, 1.807) is 6.20 Å². The molecule has 0 aliphatic heterocycles. The van der Waals surface area contributed by atoms with Gasteiger partial charge in [-0.25, -0.2) is 0 Å². The lowest BCUT2D eigenvalue weighted by Crippen LogP contribution is -2.34. The van der Waals surface area contributed by atoms with Crippen LogP contribution in [0.15, 0.2) is 24.4 Å². The Morgan fingerprint density at radius 2 is 2.10 bits per heavy atom. The van der Waals surface area contributed by atoms with Gasteiger partial charge in [-0.15, -0.1) is 0 Å². The molecular formula is C15H22N4O. The zero-order chi connectivity index (χ0) is 14.5. The van der Waals surface area contributed by atoms with E-state index in [2.05, 4.69) is 29.0 Å². The van der Waals surface area contributed by atoms with E-state index in [0.29, 0.717) is 17.8 Å². The molecule has 0 saturated heterocycles. The fraction of sp³-hybridized carbons (Fsp3) is 0.400. The molecule has 4 N–H and O–H groups in total. The Hall–Kier alpha value is -2.01. The number of benzene rings is 1. The quantitative estimate of drug-likeness (QED) is 0.703. The molecule has 0 fully saturated rings. The van der Waals surface area contributed by atoms with E-state index >= 15 is 0 Å². The van der Waals surface area contributed by atoms with Gasteiger partial charge in [0.05, 0.1) is 5.56 Å². The Bertz CT molecular complexity index is 587. The SMILES string of the molecule is CCN(CC)CCNC(=O)c1c[nH]c2ccc(N)cc12. The van der Waals surface area contributed by atoms with Gasteiger partial charge in [-0.2, -0.15) is 0 Å². The number of carbonyl (C=O) groups excluding carboxylic acids is 1. The molecule has 1 heterocycles. The summed E-state index contributed by atoms with van der Waals surface area (Å²) in [5.74, 6) is -0.0611. The molecule has 1 aromatic carbocycles. The molecule has 108 valence electrons. The molecule has 0 unspecified atom stereocenters. The van der Waals surface area contributed by atoms with Gasteiger partial charge in [-0.05, 0) is 31.3 Å². The minimum atomic E-state index is -0.0611. The average molecular weight is 274 g/mol. The van der Waals surface area contributed by atoms with E-state index in [9.17, 15) is 4.79 Å². The molecule has 20 heavy (non-hydrogen) atoms. The first kappa shape index (κ1) is 14.4. The van der Waals surface area contributed by atoms with Crippen LogP contribution in [0.2, 0.25) is 0 Å². The summed E-state index contributed by atoms with van der Waals surface area (Å²) in [6.45, 7) is 7.74. The van der Waals surface area contributed by atoms with Gasteiger partial charge in [-0.3, -0.25) is 4.79 Å². The molecular weight excluding hydrogens is 252 g/mol. The Morgan fingerprint density at radius 3 is 2.80 bits per heavy atom. The number of hydrogen-bond donors (Lipinski definition) is 3. The van der Waals surface area contributed by atoms with Gasteiger partial charge >= 0.3 is 0 Å². The van der Waals surface area contributed by atoms with Crippen LogP contribution >= 0.6 is 0 Å².